The Morgan fingerprint density at radius 1 is 1.25 bits per heavy atom. The summed E-state index contributed by atoms with van der Waals surface area (Å²) in [6.45, 7) is 1.79. The molecule has 0 radical (unpaired) electrons. The van der Waals surface area contributed by atoms with E-state index in [0.717, 1.165) is 19.6 Å². The van der Waals surface area contributed by atoms with Gasteiger partial charge in [-0.2, -0.15) is 0 Å². The molecular weight excluding hydrogens is 202 g/mol. The molecule has 2 bridgehead atoms. The lowest BCUT2D eigenvalue weighted by Crippen LogP contribution is -2.52. The average Bonchev–Trinajstić information content (AvgIpc) is 2.56. The largest absolute Gasteiger partial charge is 0.393 e. The molecule has 0 saturated carbocycles. The summed E-state index contributed by atoms with van der Waals surface area (Å²) < 4.78 is 5.60. The predicted octanol–water partition coefficient (Wildman–Crippen LogP) is 1.26. The van der Waals surface area contributed by atoms with Crippen LogP contribution in [0.1, 0.15) is 32.1 Å². The molecule has 5 unspecified atom stereocenters. The molecule has 3 aliphatic heterocycles. The van der Waals surface area contributed by atoms with Gasteiger partial charge in [-0.1, -0.05) is 0 Å². The third-order valence-corrected chi connectivity index (χ3v) is 5.04. The van der Waals surface area contributed by atoms with E-state index in [0.29, 0.717) is 23.9 Å². The van der Waals surface area contributed by atoms with Crippen molar-refractivity contribution in [3.63, 3.8) is 0 Å². The summed E-state index contributed by atoms with van der Waals surface area (Å²) in [6.07, 6.45) is 5.88. The molecule has 16 heavy (non-hydrogen) atoms. The number of piperidine rings is 1. The van der Waals surface area contributed by atoms with Gasteiger partial charge < -0.3 is 9.84 Å². The molecule has 0 aromatic rings. The molecule has 0 aromatic heterocycles. The quantitative estimate of drug-likeness (QED) is 0.729. The topological polar surface area (TPSA) is 32.7 Å². The van der Waals surface area contributed by atoms with E-state index in [9.17, 15) is 5.11 Å². The van der Waals surface area contributed by atoms with Crippen LogP contribution >= 0.6 is 0 Å². The molecule has 3 aliphatic rings. The lowest BCUT2D eigenvalue weighted by molar-refractivity contribution is -0.0698. The Morgan fingerprint density at radius 2 is 2.12 bits per heavy atom. The van der Waals surface area contributed by atoms with Gasteiger partial charge in [-0.05, 0) is 45.1 Å². The summed E-state index contributed by atoms with van der Waals surface area (Å²) in [7, 11) is 2.24. The molecule has 1 N–H and O–H groups in total. The highest BCUT2D eigenvalue weighted by atomic mass is 16.5. The number of ether oxygens (including phenoxy) is 1. The van der Waals surface area contributed by atoms with Crippen molar-refractivity contribution >= 4 is 0 Å². The van der Waals surface area contributed by atoms with Crippen molar-refractivity contribution in [1.82, 2.24) is 4.90 Å². The maximum absolute atomic E-state index is 10.3. The van der Waals surface area contributed by atoms with Gasteiger partial charge in [0.25, 0.3) is 0 Å². The van der Waals surface area contributed by atoms with Crippen LogP contribution in [0.15, 0.2) is 0 Å². The molecule has 0 spiro atoms. The molecule has 0 amide bonds. The maximum Gasteiger partial charge on any atom is 0.0601 e. The fraction of sp³-hybridized carbons (Fsp3) is 1.00. The van der Waals surface area contributed by atoms with Gasteiger partial charge in [0.1, 0.15) is 0 Å². The fourth-order valence-electron chi connectivity index (χ4n) is 4.18. The van der Waals surface area contributed by atoms with E-state index in [4.69, 9.17) is 4.74 Å². The normalized spacial score (nSPS) is 49.5. The van der Waals surface area contributed by atoms with E-state index in [1.165, 1.54) is 25.7 Å². The Bertz CT molecular complexity index is 252. The zero-order chi connectivity index (χ0) is 11.1. The lowest BCUT2D eigenvalue weighted by atomic mass is 9.76. The van der Waals surface area contributed by atoms with Crippen LogP contribution in [0.25, 0.3) is 0 Å². The SMILES string of the molecule is CN1C2CCC1C(C1CCCOC1)C(O)C2. The third-order valence-electron chi connectivity index (χ3n) is 5.04. The van der Waals surface area contributed by atoms with Gasteiger partial charge in [0, 0.05) is 31.2 Å². The molecule has 3 saturated heterocycles. The number of rotatable bonds is 1. The molecule has 3 heterocycles. The molecule has 92 valence electrons. The van der Waals surface area contributed by atoms with Gasteiger partial charge in [0.05, 0.1) is 6.10 Å². The molecule has 3 nitrogen and oxygen atoms in total. The van der Waals surface area contributed by atoms with Crippen LogP contribution in [0.5, 0.6) is 0 Å². The Balaban J connectivity index is 1.76. The van der Waals surface area contributed by atoms with Gasteiger partial charge in [0.2, 0.25) is 0 Å². The smallest absolute Gasteiger partial charge is 0.0601 e. The number of aliphatic hydroxyl groups is 1. The van der Waals surface area contributed by atoms with E-state index in [1.54, 1.807) is 0 Å². The number of aliphatic hydroxyl groups excluding tert-OH is 1. The lowest BCUT2D eigenvalue weighted by Gasteiger charge is -2.45. The Morgan fingerprint density at radius 3 is 2.88 bits per heavy atom. The summed E-state index contributed by atoms with van der Waals surface area (Å²) in [5.41, 5.74) is 0. The first kappa shape index (κ1) is 11.0. The van der Waals surface area contributed by atoms with Crippen LogP contribution in [0, 0.1) is 11.8 Å². The molecule has 3 fully saturated rings. The minimum atomic E-state index is -0.0830. The highest BCUT2D eigenvalue weighted by Crippen LogP contribution is 2.43. The fourth-order valence-corrected chi connectivity index (χ4v) is 4.18. The van der Waals surface area contributed by atoms with Crippen LogP contribution in [0.4, 0.5) is 0 Å². The van der Waals surface area contributed by atoms with Crippen molar-refractivity contribution in [3.05, 3.63) is 0 Å². The van der Waals surface area contributed by atoms with Gasteiger partial charge in [-0.3, -0.25) is 4.90 Å². The van der Waals surface area contributed by atoms with Crippen LogP contribution in [-0.2, 0) is 4.74 Å². The summed E-state index contributed by atoms with van der Waals surface area (Å²) in [6, 6.07) is 1.25. The first-order valence-electron chi connectivity index (χ1n) is 6.75. The summed E-state index contributed by atoms with van der Waals surface area (Å²) >= 11 is 0. The van der Waals surface area contributed by atoms with Gasteiger partial charge >= 0.3 is 0 Å². The average molecular weight is 225 g/mol. The van der Waals surface area contributed by atoms with E-state index < -0.39 is 0 Å². The number of nitrogens with zero attached hydrogens (tertiary/aromatic N) is 1. The first-order valence-corrected chi connectivity index (χ1v) is 6.75. The Kier molecular flexibility index (Phi) is 2.94. The van der Waals surface area contributed by atoms with Crippen molar-refractivity contribution < 1.29 is 9.84 Å². The van der Waals surface area contributed by atoms with E-state index >= 15 is 0 Å². The summed E-state index contributed by atoms with van der Waals surface area (Å²) in [4.78, 5) is 2.52. The molecule has 5 atom stereocenters. The number of hydrogen-bond acceptors (Lipinski definition) is 3. The van der Waals surface area contributed by atoms with Gasteiger partial charge in [0.15, 0.2) is 0 Å². The summed E-state index contributed by atoms with van der Waals surface area (Å²) in [5, 5.41) is 10.3. The monoisotopic (exact) mass is 225 g/mol. The third kappa shape index (κ3) is 1.69. The predicted molar refractivity (Wildman–Crippen MR) is 62.2 cm³/mol. The molecular formula is C13H23NO2. The van der Waals surface area contributed by atoms with Crippen molar-refractivity contribution in [1.29, 1.82) is 0 Å². The molecule has 3 heteroatoms. The van der Waals surface area contributed by atoms with Crippen LogP contribution < -0.4 is 0 Å². The molecule has 3 rings (SSSR count). The van der Waals surface area contributed by atoms with Crippen LogP contribution in [0.3, 0.4) is 0 Å². The van der Waals surface area contributed by atoms with Gasteiger partial charge in [-0.15, -0.1) is 0 Å². The van der Waals surface area contributed by atoms with Crippen molar-refractivity contribution in [2.75, 3.05) is 20.3 Å². The highest BCUT2D eigenvalue weighted by Gasteiger charge is 2.47. The number of hydrogen-bond donors (Lipinski definition) is 1. The minimum Gasteiger partial charge on any atom is -0.393 e. The van der Waals surface area contributed by atoms with Crippen LogP contribution in [-0.4, -0.2) is 48.5 Å². The summed E-state index contributed by atoms with van der Waals surface area (Å²) in [5.74, 6) is 1.05. The van der Waals surface area contributed by atoms with Crippen molar-refractivity contribution in [2.24, 2.45) is 11.8 Å². The van der Waals surface area contributed by atoms with E-state index in [-0.39, 0.29) is 6.10 Å². The van der Waals surface area contributed by atoms with E-state index in [1.807, 2.05) is 0 Å². The Hall–Kier alpha value is -0.120. The second-order valence-electron chi connectivity index (χ2n) is 5.82. The first-order chi connectivity index (χ1) is 7.77. The van der Waals surface area contributed by atoms with Crippen molar-refractivity contribution in [2.45, 2.75) is 50.3 Å². The zero-order valence-corrected chi connectivity index (χ0v) is 10.1. The van der Waals surface area contributed by atoms with Gasteiger partial charge in [-0.25, -0.2) is 0 Å². The number of fused-ring (bicyclic) bond motifs is 2. The second kappa shape index (κ2) is 4.28. The molecule has 0 aromatic carbocycles. The standard InChI is InChI=1S/C13H23NO2/c1-14-10-4-5-11(14)13(12(15)7-10)9-3-2-6-16-8-9/h9-13,15H,2-8H2,1H3. The van der Waals surface area contributed by atoms with E-state index in [2.05, 4.69) is 11.9 Å². The zero-order valence-electron chi connectivity index (χ0n) is 10.1. The van der Waals surface area contributed by atoms with Crippen LogP contribution in [0.2, 0.25) is 0 Å². The second-order valence-corrected chi connectivity index (χ2v) is 5.82. The molecule has 0 aliphatic carbocycles. The highest BCUT2D eigenvalue weighted by molar-refractivity contribution is 5.01. The maximum atomic E-state index is 10.3. The Labute approximate surface area is 97.8 Å². The van der Waals surface area contributed by atoms with Crippen molar-refractivity contribution in [3.8, 4) is 0 Å². The minimum absolute atomic E-state index is 0.0830.